The summed E-state index contributed by atoms with van der Waals surface area (Å²) in [5.74, 6) is -1.59. The first kappa shape index (κ1) is 22.1. The standard InChI is InChI=1S/C22H25FN2O4/c1-2-25(15-20(26)24-14-18-8-11-19(23)12-9-18)21(27)16-29-22(28)13-10-17-6-4-3-5-7-17/h3-9,11-12H,2,10,13-16H2,1H3,(H,24,26). The summed E-state index contributed by atoms with van der Waals surface area (Å²) in [5, 5.41) is 2.68. The molecule has 1 N–H and O–H groups in total. The summed E-state index contributed by atoms with van der Waals surface area (Å²) in [4.78, 5) is 37.4. The zero-order valence-corrected chi connectivity index (χ0v) is 16.4. The topological polar surface area (TPSA) is 75.7 Å². The third-order valence-corrected chi connectivity index (χ3v) is 4.29. The van der Waals surface area contributed by atoms with Crippen LogP contribution in [0.1, 0.15) is 24.5 Å². The fraction of sp³-hybridized carbons (Fsp3) is 0.318. The van der Waals surface area contributed by atoms with Gasteiger partial charge in [0.2, 0.25) is 5.91 Å². The number of benzene rings is 2. The largest absolute Gasteiger partial charge is 0.456 e. The summed E-state index contributed by atoms with van der Waals surface area (Å²) in [7, 11) is 0. The lowest BCUT2D eigenvalue weighted by Gasteiger charge is -2.20. The van der Waals surface area contributed by atoms with Crippen LogP contribution in [0, 0.1) is 5.82 Å². The maximum absolute atomic E-state index is 12.9. The summed E-state index contributed by atoms with van der Waals surface area (Å²) in [5.41, 5.74) is 1.77. The van der Waals surface area contributed by atoms with Crippen LogP contribution < -0.4 is 5.32 Å². The van der Waals surface area contributed by atoms with E-state index in [0.29, 0.717) is 13.0 Å². The maximum atomic E-state index is 12.9. The number of halogens is 1. The molecule has 2 aromatic carbocycles. The van der Waals surface area contributed by atoms with Crippen molar-refractivity contribution < 1.29 is 23.5 Å². The molecule has 2 amide bonds. The van der Waals surface area contributed by atoms with E-state index in [2.05, 4.69) is 5.32 Å². The van der Waals surface area contributed by atoms with Gasteiger partial charge in [-0.1, -0.05) is 42.5 Å². The van der Waals surface area contributed by atoms with Crippen molar-refractivity contribution in [1.29, 1.82) is 0 Å². The Morgan fingerprint density at radius 2 is 1.69 bits per heavy atom. The molecule has 0 heterocycles. The van der Waals surface area contributed by atoms with Crippen molar-refractivity contribution in [2.24, 2.45) is 0 Å². The Balaban J connectivity index is 1.70. The molecule has 2 rings (SSSR count). The summed E-state index contributed by atoms with van der Waals surface area (Å²) in [6.07, 6.45) is 0.721. The zero-order valence-electron chi connectivity index (χ0n) is 16.4. The third kappa shape index (κ3) is 8.13. The van der Waals surface area contributed by atoms with Crippen LogP contribution in [0.3, 0.4) is 0 Å². The molecule has 2 aromatic rings. The summed E-state index contributed by atoms with van der Waals surface area (Å²) in [6.45, 7) is 1.75. The van der Waals surface area contributed by atoms with Gasteiger partial charge in [-0.3, -0.25) is 14.4 Å². The van der Waals surface area contributed by atoms with Crippen molar-refractivity contribution in [2.75, 3.05) is 19.7 Å². The lowest BCUT2D eigenvalue weighted by atomic mass is 10.1. The molecule has 0 aliphatic carbocycles. The maximum Gasteiger partial charge on any atom is 0.306 e. The first-order chi connectivity index (χ1) is 14.0. The molecule has 0 spiro atoms. The molecule has 29 heavy (non-hydrogen) atoms. The molecule has 0 aliphatic heterocycles. The lowest BCUT2D eigenvalue weighted by molar-refractivity contribution is -0.152. The van der Waals surface area contributed by atoms with Gasteiger partial charge in [-0.15, -0.1) is 0 Å². The second-order valence-electron chi connectivity index (χ2n) is 6.46. The predicted octanol–water partition coefficient (Wildman–Crippen LogP) is 2.47. The van der Waals surface area contributed by atoms with Crippen LogP contribution in [0.15, 0.2) is 54.6 Å². The normalized spacial score (nSPS) is 10.3. The van der Waals surface area contributed by atoms with Crippen LogP contribution in [-0.2, 0) is 32.1 Å². The van der Waals surface area contributed by atoms with Gasteiger partial charge in [0, 0.05) is 19.5 Å². The number of nitrogens with one attached hydrogen (secondary N) is 1. The molecular weight excluding hydrogens is 375 g/mol. The number of rotatable bonds is 10. The first-order valence-corrected chi connectivity index (χ1v) is 9.46. The molecule has 154 valence electrons. The van der Waals surface area contributed by atoms with Crippen LogP contribution in [0.5, 0.6) is 0 Å². The van der Waals surface area contributed by atoms with Gasteiger partial charge in [-0.05, 0) is 36.6 Å². The molecule has 0 saturated heterocycles. The first-order valence-electron chi connectivity index (χ1n) is 9.46. The molecule has 0 bridgehead atoms. The van der Waals surface area contributed by atoms with Crippen molar-refractivity contribution in [2.45, 2.75) is 26.3 Å². The number of carbonyl (C=O) groups excluding carboxylic acids is 3. The number of aryl methyl sites for hydroxylation is 1. The fourth-order valence-electron chi connectivity index (χ4n) is 2.61. The van der Waals surface area contributed by atoms with E-state index in [0.717, 1.165) is 11.1 Å². The molecule has 0 saturated carbocycles. The van der Waals surface area contributed by atoms with Crippen molar-refractivity contribution in [1.82, 2.24) is 10.2 Å². The van der Waals surface area contributed by atoms with E-state index in [-0.39, 0.29) is 31.2 Å². The SMILES string of the molecule is CCN(CC(=O)NCc1ccc(F)cc1)C(=O)COC(=O)CCc1ccccc1. The van der Waals surface area contributed by atoms with Crippen molar-refractivity contribution in [3.8, 4) is 0 Å². The smallest absolute Gasteiger partial charge is 0.306 e. The van der Waals surface area contributed by atoms with Crippen LogP contribution in [0.25, 0.3) is 0 Å². The van der Waals surface area contributed by atoms with E-state index in [4.69, 9.17) is 4.74 Å². The number of hydrogen-bond acceptors (Lipinski definition) is 4. The van der Waals surface area contributed by atoms with Crippen LogP contribution in [0.2, 0.25) is 0 Å². The van der Waals surface area contributed by atoms with Gasteiger partial charge in [0.1, 0.15) is 5.82 Å². The van der Waals surface area contributed by atoms with E-state index in [1.165, 1.54) is 17.0 Å². The Bertz CT molecular complexity index is 809. The molecular formula is C22H25FN2O4. The summed E-state index contributed by atoms with van der Waals surface area (Å²) >= 11 is 0. The number of hydrogen-bond donors (Lipinski definition) is 1. The summed E-state index contributed by atoms with van der Waals surface area (Å²) in [6, 6.07) is 15.3. The highest BCUT2D eigenvalue weighted by atomic mass is 19.1. The zero-order chi connectivity index (χ0) is 21.1. The fourth-order valence-corrected chi connectivity index (χ4v) is 2.61. The number of ether oxygens (including phenoxy) is 1. The number of esters is 1. The molecule has 0 aromatic heterocycles. The van der Waals surface area contributed by atoms with Crippen LogP contribution in [-0.4, -0.2) is 42.4 Å². The molecule has 0 aliphatic rings. The molecule has 0 radical (unpaired) electrons. The monoisotopic (exact) mass is 400 g/mol. The van der Waals surface area contributed by atoms with Gasteiger partial charge >= 0.3 is 5.97 Å². The minimum absolute atomic E-state index is 0.141. The van der Waals surface area contributed by atoms with Crippen molar-refractivity contribution in [3.63, 3.8) is 0 Å². The second kappa shape index (κ2) is 11.6. The second-order valence-corrected chi connectivity index (χ2v) is 6.46. The Hall–Kier alpha value is -3.22. The molecule has 0 unspecified atom stereocenters. The van der Waals surface area contributed by atoms with Crippen molar-refractivity contribution in [3.05, 3.63) is 71.5 Å². The van der Waals surface area contributed by atoms with E-state index in [1.54, 1.807) is 19.1 Å². The van der Waals surface area contributed by atoms with E-state index in [1.807, 2.05) is 30.3 Å². The van der Waals surface area contributed by atoms with Gasteiger partial charge in [-0.2, -0.15) is 0 Å². The van der Waals surface area contributed by atoms with Gasteiger partial charge < -0.3 is 15.0 Å². The van der Waals surface area contributed by atoms with Gasteiger partial charge in [0.15, 0.2) is 6.61 Å². The Morgan fingerprint density at radius 3 is 2.34 bits per heavy atom. The van der Waals surface area contributed by atoms with E-state index in [9.17, 15) is 18.8 Å². The van der Waals surface area contributed by atoms with Gasteiger partial charge in [0.25, 0.3) is 5.91 Å². The average Bonchev–Trinajstić information content (AvgIpc) is 2.74. The molecule has 0 fully saturated rings. The van der Waals surface area contributed by atoms with Crippen LogP contribution in [0.4, 0.5) is 4.39 Å². The number of likely N-dealkylation sites (N-methyl/N-ethyl adjacent to an activating group) is 1. The number of amides is 2. The molecule has 6 nitrogen and oxygen atoms in total. The molecule has 0 atom stereocenters. The predicted molar refractivity (Wildman–Crippen MR) is 106 cm³/mol. The third-order valence-electron chi connectivity index (χ3n) is 4.29. The van der Waals surface area contributed by atoms with Gasteiger partial charge in [0.05, 0.1) is 6.54 Å². The van der Waals surface area contributed by atoms with Crippen LogP contribution >= 0.6 is 0 Å². The highest BCUT2D eigenvalue weighted by Crippen LogP contribution is 2.04. The number of carbonyl (C=O) groups is 3. The lowest BCUT2D eigenvalue weighted by Crippen LogP contribution is -2.42. The highest BCUT2D eigenvalue weighted by molar-refractivity contribution is 5.86. The minimum Gasteiger partial charge on any atom is -0.456 e. The number of nitrogens with zero attached hydrogens (tertiary/aromatic N) is 1. The quantitative estimate of drug-likeness (QED) is 0.622. The Morgan fingerprint density at radius 1 is 1.00 bits per heavy atom. The average molecular weight is 400 g/mol. The Kier molecular flexibility index (Phi) is 8.82. The summed E-state index contributed by atoms with van der Waals surface area (Å²) < 4.78 is 17.9. The van der Waals surface area contributed by atoms with E-state index < -0.39 is 18.5 Å². The van der Waals surface area contributed by atoms with Gasteiger partial charge in [-0.25, -0.2) is 4.39 Å². The van der Waals surface area contributed by atoms with E-state index >= 15 is 0 Å². The highest BCUT2D eigenvalue weighted by Gasteiger charge is 2.17. The van der Waals surface area contributed by atoms with Crippen molar-refractivity contribution >= 4 is 17.8 Å². The Labute approximate surface area is 169 Å². The molecule has 7 heteroatoms. The minimum atomic E-state index is -0.459.